The van der Waals surface area contributed by atoms with Crippen LogP contribution >= 0.6 is 0 Å². The number of aliphatic carboxylic acids is 1. The number of carboxylic acids is 1. The molecule has 2 heterocycles. The smallest absolute Gasteiger partial charge is 0.337 e. The lowest BCUT2D eigenvalue weighted by Crippen LogP contribution is -2.39. The number of hydrogen-bond donors (Lipinski definition) is 2. The maximum atomic E-state index is 13.2. The zero-order valence-electron chi connectivity index (χ0n) is 26.8. The number of pyridine rings is 1. The molecule has 1 saturated heterocycles. The van der Waals surface area contributed by atoms with Gasteiger partial charge in [-0.3, -0.25) is 4.79 Å². The van der Waals surface area contributed by atoms with Gasteiger partial charge in [0.2, 0.25) is 5.91 Å². The average molecular weight is 606 g/mol. The van der Waals surface area contributed by atoms with Crippen LogP contribution in [-0.2, 0) is 20.7 Å². The Morgan fingerprint density at radius 2 is 1.68 bits per heavy atom. The normalized spacial score (nSPS) is 15.5. The summed E-state index contributed by atoms with van der Waals surface area (Å²) in [5.41, 5.74) is 3.46. The summed E-state index contributed by atoms with van der Waals surface area (Å²) in [5, 5.41) is 13.3. The lowest BCUT2D eigenvalue weighted by atomic mass is 9.82. The second kappa shape index (κ2) is 13.3. The molecular weight excluding hydrogens is 561 g/mol. The van der Waals surface area contributed by atoms with E-state index < -0.39 is 17.7 Å². The lowest BCUT2D eigenvalue weighted by Gasteiger charge is -2.41. The Labute approximate surface area is 259 Å². The van der Waals surface area contributed by atoms with E-state index in [1.54, 1.807) is 19.1 Å². The number of anilines is 2. The van der Waals surface area contributed by atoms with Crippen LogP contribution in [0.4, 0.5) is 15.9 Å². The van der Waals surface area contributed by atoms with Crippen molar-refractivity contribution in [2.75, 3.05) is 29.9 Å². The SMILES string of the molecule is CC(=O)Nc1nc(C)c(C(OC(C)(C)C)C(=O)O)c(N2CCC(C)(C)CC2)c1-c1ccc(OCCc2ccc(F)cc2)cc1. The van der Waals surface area contributed by atoms with Gasteiger partial charge in [0.25, 0.3) is 0 Å². The van der Waals surface area contributed by atoms with E-state index >= 15 is 0 Å². The van der Waals surface area contributed by atoms with Crippen molar-refractivity contribution < 1.29 is 28.6 Å². The van der Waals surface area contributed by atoms with Gasteiger partial charge in [-0.15, -0.1) is 0 Å². The van der Waals surface area contributed by atoms with E-state index in [1.165, 1.54) is 19.1 Å². The number of carboxylic acid groups (broad SMARTS) is 1. The first kappa shape index (κ1) is 32.9. The number of nitrogens with one attached hydrogen (secondary N) is 1. The quantitative estimate of drug-likeness (QED) is 0.249. The maximum Gasteiger partial charge on any atom is 0.337 e. The summed E-state index contributed by atoms with van der Waals surface area (Å²) < 4.78 is 25.4. The molecule has 9 heteroatoms. The molecular formula is C35H44FN3O5. The summed E-state index contributed by atoms with van der Waals surface area (Å²) in [6.45, 7) is 15.0. The molecule has 1 aromatic heterocycles. The Bertz CT molecular complexity index is 1470. The van der Waals surface area contributed by atoms with Gasteiger partial charge in [-0.1, -0.05) is 38.1 Å². The van der Waals surface area contributed by atoms with E-state index in [2.05, 4.69) is 24.1 Å². The predicted molar refractivity (Wildman–Crippen MR) is 171 cm³/mol. The average Bonchev–Trinajstić information content (AvgIpc) is 2.92. The number of amides is 1. The monoisotopic (exact) mass is 605 g/mol. The topological polar surface area (TPSA) is 101 Å². The van der Waals surface area contributed by atoms with Crippen molar-refractivity contribution >= 4 is 23.4 Å². The molecule has 0 bridgehead atoms. The molecule has 3 aromatic rings. The molecule has 236 valence electrons. The van der Waals surface area contributed by atoms with Crippen molar-refractivity contribution in [2.24, 2.45) is 5.41 Å². The minimum Gasteiger partial charge on any atom is -0.493 e. The third-order valence-electron chi connectivity index (χ3n) is 7.80. The van der Waals surface area contributed by atoms with Gasteiger partial charge in [0.1, 0.15) is 17.4 Å². The Balaban J connectivity index is 1.80. The van der Waals surface area contributed by atoms with Crippen molar-refractivity contribution in [1.82, 2.24) is 4.98 Å². The Hall–Kier alpha value is -3.98. The van der Waals surface area contributed by atoms with Crippen molar-refractivity contribution in [1.29, 1.82) is 0 Å². The summed E-state index contributed by atoms with van der Waals surface area (Å²) in [5.74, 6) is -0.643. The molecule has 1 unspecified atom stereocenters. The number of rotatable bonds is 10. The summed E-state index contributed by atoms with van der Waals surface area (Å²) in [6, 6.07) is 13.8. The molecule has 0 radical (unpaired) electrons. The number of aromatic nitrogens is 1. The highest BCUT2D eigenvalue weighted by Crippen LogP contribution is 2.46. The minimum absolute atomic E-state index is 0.153. The van der Waals surface area contributed by atoms with Crippen LogP contribution in [0.2, 0.25) is 0 Å². The largest absolute Gasteiger partial charge is 0.493 e. The fourth-order valence-electron chi connectivity index (χ4n) is 5.45. The van der Waals surface area contributed by atoms with E-state index in [4.69, 9.17) is 14.5 Å². The number of nitrogens with zero attached hydrogens (tertiary/aromatic N) is 2. The molecule has 1 fully saturated rings. The fraction of sp³-hybridized carbons (Fsp3) is 0.457. The number of halogens is 1. The second-order valence-corrected chi connectivity index (χ2v) is 13.2. The molecule has 1 aliphatic rings. The van der Waals surface area contributed by atoms with Crippen LogP contribution in [-0.4, -0.2) is 47.3 Å². The van der Waals surface area contributed by atoms with Gasteiger partial charge in [0.05, 0.1) is 17.9 Å². The molecule has 2 N–H and O–H groups in total. The molecule has 4 rings (SSSR count). The third-order valence-corrected chi connectivity index (χ3v) is 7.80. The lowest BCUT2D eigenvalue weighted by molar-refractivity contribution is -0.160. The highest BCUT2D eigenvalue weighted by molar-refractivity contribution is 5.98. The highest BCUT2D eigenvalue weighted by Gasteiger charge is 2.37. The van der Waals surface area contributed by atoms with Gasteiger partial charge in [-0.25, -0.2) is 14.2 Å². The van der Waals surface area contributed by atoms with Gasteiger partial charge in [0.15, 0.2) is 6.10 Å². The summed E-state index contributed by atoms with van der Waals surface area (Å²) in [6.07, 6.45) is 1.19. The Morgan fingerprint density at radius 1 is 1.07 bits per heavy atom. The molecule has 2 aromatic carbocycles. The fourth-order valence-corrected chi connectivity index (χ4v) is 5.45. The summed E-state index contributed by atoms with van der Waals surface area (Å²) in [4.78, 5) is 32.1. The number of benzene rings is 2. The van der Waals surface area contributed by atoms with Crippen molar-refractivity contribution in [3.8, 4) is 16.9 Å². The Morgan fingerprint density at radius 3 is 2.23 bits per heavy atom. The van der Waals surface area contributed by atoms with Crippen molar-refractivity contribution in [3.05, 3.63) is 71.2 Å². The molecule has 44 heavy (non-hydrogen) atoms. The summed E-state index contributed by atoms with van der Waals surface area (Å²) in [7, 11) is 0. The van der Waals surface area contributed by atoms with Crippen LogP contribution in [0.15, 0.2) is 48.5 Å². The second-order valence-electron chi connectivity index (χ2n) is 13.2. The summed E-state index contributed by atoms with van der Waals surface area (Å²) >= 11 is 0. The number of aryl methyl sites for hydroxylation is 1. The van der Waals surface area contributed by atoms with Crippen LogP contribution < -0.4 is 15.0 Å². The standard InChI is InChI=1S/C35H44FN3O5/c1-22-28(31(33(41)42)44-34(3,4)5)30(39-19-17-35(6,7)18-20-39)29(32(37-22)38-23(2)40)25-10-14-27(15-11-25)43-21-16-24-8-12-26(36)13-9-24/h8-15,31H,16-21H2,1-7H3,(H,41,42)(H,37,38,40). The van der Waals surface area contributed by atoms with Gasteiger partial charge < -0.3 is 24.8 Å². The predicted octanol–water partition coefficient (Wildman–Crippen LogP) is 7.34. The first-order valence-corrected chi connectivity index (χ1v) is 15.1. The van der Waals surface area contributed by atoms with Gasteiger partial charge in [-0.2, -0.15) is 0 Å². The van der Waals surface area contributed by atoms with Crippen LogP contribution in [0.25, 0.3) is 11.1 Å². The van der Waals surface area contributed by atoms with Crippen LogP contribution in [0.5, 0.6) is 5.75 Å². The first-order valence-electron chi connectivity index (χ1n) is 15.1. The number of carbonyl (C=O) groups is 2. The molecule has 0 aliphatic carbocycles. The number of ether oxygens (including phenoxy) is 2. The number of carbonyl (C=O) groups excluding carboxylic acids is 1. The molecule has 0 saturated carbocycles. The number of hydrogen-bond acceptors (Lipinski definition) is 6. The molecule has 1 amide bonds. The van der Waals surface area contributed by atoms with E-state index in [-0.39, 0.29) is 17.1 Å². The maximum absolute atomic E-state index is 13.2. The Kier molecular flexibility index (Phi) is 9.98. The van der Waals surface area contributed by atoms with Gasteiger partial charge in [0, 0.05) is 43.3 Å². The van der Waals surface area contributed by atoms with E-state index in [9.17, 15) is 19.1 Å². The third kappa shape index (κ3) is 8.34. The van der Waals surface area contributed by atoms with Crippen LogP contribution in [0.3, 0.4) is 0 Å². The van der Waals surface area contributed by atoms with Gasteiger partial charge >= 0.3 is 5.97 Å². The highest BCUT2D eigenvalue weighted by atomic mass is 19.1. The van der Waals surface area contributed by atoms with Gasteiger partial charge in [-0.05, 0) is 81.3 Å². The first-order chi connectivity index (χ1) is 20.6. The molecule has 8 nitrogen and oxygen atoms in total. The van der Waals surface area contributed by atoms with E-state index in [0.29, 0.717) is 60.2 Å². The molecule has 1 aliphatic heterocycles. The number of piperidine rings is 1. The molecule has 0 spiro atoms. The zero-order valence-corrected chi connectivity index (χ0v) is 26.8. The van der Waals surface area contributed by atoms with E-state index in [0.717, 1.165) is 24.0 Å². The van der Waals surface area contributed by atoms with Crippen molar-refractivity contribution in [3.63, 3.8) is 0 Å². The van der Waals surface area contributed by atoms with E-state index in [1.807, 2.05) is 45.0 Å². The molecule has 1 atom stereocenters. The van der Waals surface area contributed by atoms with Crippen LogP contribution in [0.1, 0.15) is 77.3 Å². The zero-order chi connectivity index (χ0) is 32.2. The minimum atomic E-state index is -1.27. The van der Waals surface area contributed by atoms with Crippen LogP contribution in [0, 0.1) is 18.2 Å². The van der Waals surface area contributed by atoms with Crippen molar-refractivity contribution in [2.45, 2.75) is 79.4 Å².